The first-order valence-corrected chi connectivity index (χ1v) is 6.02. The molecular formula is C9H13ClN7S+. The van der Waals surface area contributed by atoms with Crippen molar-refractivity contribution in [3.8, 4) is 11.5 Å². The number of nitrogens with two attached hydrogens (primary N) is 2. The molecule has 0 saturated heterocycles. The van der Waals surface area contributed by atoms with Crippen LogP contribution in [0.3, 0.4) is 0 Å². The third kappa shape index (κ3) is 1.93. The van der Waals surface area contributed by atoms with E-state index >= 15 is 0 Å². The predicted molar refractivity (Wildman–Crippen MR) is 71.3 cm³/mol. The summed E-state index contributed by atoms with van der Waals surface area (Å²) < 4.78 is 4.14. The van der Waals surface area contributed by atoms with E-state index in [0.29, 0.717) is 22.8 Å². The Balaban J connectivity index is 2.77. The summed E-state index contributed by atoms with van der Waals surface area (Å²) >= 11 is 11.1. The minimum Gasteiger partial charge on any atom is -0.382 e. The van der Waals surface area contributed by atoms with E-state index in [2.05, 4.69) is 15.1 Å². The Morgan fingerprint density at radius 1 is 1.39 bits per heavy atom. The maximum Gasteiger partial charge on any atom is 0.323 e. The summed E-state index contributed by atoms with van der Waals surface area (Å²) in [6.07, 6.45) is 0. The predicted octanol–water partition coefficient (Wildman–Crippen LogP) is 0.665. The number of nitrogens with zero attached hydrogens (tertiary/aromatic N) is 4. The first-order chi connectivity index (χ1) is 8.45. The Labute approximate surface area is 113 Å². The smallest absolute Gasteiger partial charge is 0.323 e. The van der Waals surface area contributed by atoms with Crippen LogP contribution in [0.4, 0.5) is 11.6 Å². The summed E-state index contributed by atoms with van der Waals surface area (Å²) in [7, 11) is 1.81. The van der Waals surface area contributed by atoms with Gasteiger partial charge in [-0.3, -0.25) is 0 Å². The van der Waals surface area contributed by atoms with Crippen molar-refractivity contribution in [2.75, 3.05) is 11.5 Å². The zero-order valence-corrected chi connectivity index (χ0v) is 11.5. The normalized spacial score (nSPS) is 10.8. The Bertz CT molecular complexity index is 660. The van der Waals surface area contributed by atoms with E-state index in [0.717, 1.165) is 0 Å². The van der Waals surface area contributed by atoms with Gasteiger partial charge in [-0.05, 0) is 19.1 Å². The highest BCUT2D eigenvalue weighted by molar-refractivity contribution is 7.71. The van der Waals surface area contributed by atoms with Gasteiger partial charge in [-0.1, -0.05) is 11.6 Å². The first kappa shape index (κ1) is 12.8. The van der Waals surface area contributed by atoms with E-state index in [-0.39, 0.29) is 16.8 Å². The quantitative estimate of drug-likeness (QED) is 0.556. The third-order valence-corrected chi connectivity index (χ3v) is 3.10. The van der Waals surface area contributed by atoms with Gasteiger partial charge in [0.1, 0.15) is 0 Å². The van der Waals surface area contributed by atoms with Crippen LogP contribution >= 0.6 is 23.8 Å². The second-order valence-electron chi connectivity index (χ2n) is 3.68. The lowest BCUT2D eigenvalue weighted by Crippen LogP contribution is -2.35. The van der Waals surface area contributed by atoms with E-state index in [1.54, 1.807) is 4.68 Å². The van der Waals surface area contributed by atoms with Crippen molar-refractivity contribution >= 4 is 35.5 Å². The summed E-state index contributed by atoms with van der Waals surface area (Å²) in [5.74, 6) is 1.02. The first-order valence-electron chi connectivity index (χ1n) is 5.23. The molecule has 9 heteroatoms. The molecule has 96 valence electrons. The minimum absolute atomic E-state index is 0.109. The number of H-pyrrole nitrogens is 1. The fourth-order valence-corrected chi connectivity index (χ4v) is 2.20. The average Bonchev–Trinajstić information content (AvgIpc) is 2.58. The molecule has 0 spiro atoms. The van der Waals surface area contributed by atoms with Gasteiger partial charge in [-0.2, -0.15) is 0 Å². The van der Waals surface area contributed by atoms with Crippen molar-refractivity contribution in [2.45, 2.75) is 13.5 Å². The van der Waals surface area contributed by atoms with Crippen molar-refractivity contribution in [1.82, 2.24) is 19.7 Å². The number of hydrogen-bond acceptors (Lipinski definition) is 5. The van der Waals surface area contributed by atoms with E-state index in [9.17, 15) is 0 Å². The Kier molecular flexibility index (Phi) is 3.22. The van der Waals surface area contributed by atoms with E-state index in [4.69, 9.17) is 35.3 Å². The van der Waals surface area contributed by atoms with Gasteiger partial charge in [0.15, 0.2) is 22.5 Å². The van der Waals surface area contributed by atoms with Crippen molar-refractivity contribution in [3.05, 3.63) is 9.92 Å². The van der Waals surface area contributed by atoms with E-state index < -0.39 is 0 Å². The molecule has 2 heterocycles. The second-order valence-corrected chi connectivity index (χ2v) is 4.42. The SMILES string of the molecule is CC[n+]1c(-c2nc(Cl)c(N)nc2N)n(C)[nH]c1=S. The number of hydrogen-bond donors (Lipinski definition) is 3. The standard InChI is InChI=1S/C9H12ClN7S/c1-3-17-8(16(2)15-9(17)18)4-6(11)14-7(12)5(10)13-4/h3H2,1-2H3,(H4,11,12,14,15,18)/p+1. The lowest BCUT2D eigenvalue weighted by molar-refractivity contribution is -0.689. The van der Waals surface area contributed by atoms with Crippen LogP contribution in [0.25, 0.3) is 11.5 Å². The molecule has 0 aromatic carbocycles. The summed E-state index contributed by atoms with van der Waals surface area (Å²) in [5.41, 5.74) is 11.8. The number of halogens is 1. The van der Waals surface area contributed by atoms with Crippen LogP contribution in [0.2, 0.25) is 5.15 Å². The molecule has 0 amide bonds. The maximum absolute atomic E-state index is 5.88. The number of nitrogen functional groups attached to an aromatic ring is 2. The Morgan fingerprint density at radius 3 is 2.67 bits per heavy atom. The van der Waals surface area contributed by atoms with E-state index in [1.165, 1.54) is 0 Å². The third-order valence-electron chi connectivity index (χ3n) is 2.51. The molecule has 2 aromatic heterocycles. The molecule has 0 fully saturated rings. The molecule has 0 aliphatic carbocycles. The summed E-state index contributed by atoms with van der Waals surface area (Å²) in [5, 5.41) is 3.10. The number of anilines is 2. The highest BCUT2D eigenvalue weighted by Crippen LogP contribution is 2.24. The van der Waals surface area contributed by atoms with Crippen molar-refractivity contribution in [2.24, 2.45) is 7.05 Å². The van der Waals surface area contributed by atoms with Gasteiger partial charge < -0.3 is 11.5 Å². The molecule has 0 atom stereocenters. The number of rotatable bonds is 2. The van der Waals surface area contributed by atoms with Gasteiger partial charge in [-0.25, -0.2) is 14.5 Å². The zero-order valence-electron chi connectivity index (χ0n) is 9.94. The largest absolute Gasteiger partial charge is 0.382 e. The average molecular weight is 287 g/mol. The topological polar surface area (TPSA) is 102 Å². The lowest BCUT2D eigenvalue weighted by atomic mass is 10.3. The van der Waals surface area contributed by atoms with Gasteiger partial charge in [0.2, 0.25) is 0 Å². The zero-order chi connectivity index (χ0) is 13.4. The van der Waals surface area contributed by atoms with Crippen LogP contribution in [0.1, 0.15) is 6.92 Å². The van der Waals surface area contributed by atoms with Gasteiger partial charge in [0.25, 0.3) is 5.82 Å². The number of nitrogens with one attached hydrogen (secondary N) is 1. The summed E-state index contributed by atoms with van der Waals surface area (Å²) in [6, 6.07) is 0. The minimum atomic E-state index is 0.109. The molecule has 2 aromatic rings. The number of aromatic nitrogens is 5. The van der Waals surface area contributed by atoms with Crippen LogP contribution in [0.5, 0.6) is 0 Å². The van der Waals surface area contributed by atoms with Crippen molar-refractivity contribution in [1.29, 1.82) is 0 Å². The molecule has 7 nitrogen and oxygen atoms in total. The molecule has 0 radical (unpaired) electrons. The van der Waals surface area contributed by atoms with Crippen LogP contribution in [-0.2, 0) is 13.6 Å². The molecule has 0 aliphatic heterocycles. The molecule has 0 aliphatic rings. The van der Waals surface area contributed by atoms with Crippen molar-refractivity contribution in [3.63, 3.8) is 0 Å². The molecule has 5 N–H and O–H groups in total. The highest BCUT2D eigenvalue weighted by atomic mass is 35.5. The Hall–Kier alpha value is -1.67. The number of aryl methyl sites for hydroxylation is 1. The monoisotopic (exact) mass is 286 g/mol. The fourth-order valence-electron chi connectivity index (χ4n) is 1.72. The second kappa shape index (κ2) is 4.54. The van der Waals surface area contributed by atoms with Crippen LogP contribution in [0.15, 0.2) is 0 Å². The maximum atomic E-state index is 5.88. The van der Waals surface area contributed by atoms with Gasteiger partial charge in [-0.15, -0.1) is 9.78 Å². The molecule has 0 unspecified atom stereocenters. The van der Waals surface area contributed by atoms with E-state index in [1.807, 2.05) is 18.5 Å². The van der Waals surface area contributed by atoms with Gasteiger partial charge in [0, 0.05) is 0 Å². The lowest BCUT2D eigenvalue weighted by Gasteiger charge is -2.05. The number of aromatic amines is 1. The van der Waals surface area contributed by atoms with Crippen LogP contribution in [-0.4, -0.2) is 19.7 Å². The molecule has 18 heavy (non-hydrogen) atoms. The fraction of sp³-hybridized carbons (Fsp3) is 0.333. The molecular weight excluding hydrogens is 274 g/mol. The molecule has 2 rings (SSSR count). The van der Waals surface area contributed by atoms with Crippen LogP contribution in [0, 0.1) is 4.77 Å². The van der Waals surface area contributed by atoms with Gasteiger partial charge >= 0.3 is 4.77 Å². The van der Waals surface area contributed by atoms with Crippen LogP contribution < -0.4 is 16.0 Å². The Morgan fingerprint density at radius 2 is 2.06 bits per heavy atom. The molecule has 0 bridgehead atoms. The molecule has 0 saturated carbocycles. The van der Waals surface area contributed by atoms with Gasteiger partial charge in [0.05, 0.1) is 13.6 Å². The highest BCUT2D eigenvalue weighted by Gasteiger charge is 2.23. The summed E-state index contributed by atoms with van der Waals surface area (Å²) in [6.45, 7) is 2.64. The van der Waals surface area contributed by atoms with Crippen molar-refractivity contribution < 1.29 is 4.57 Å². The summed E-state index contributed by atoms with van der Waals surface area (Å²) in [4.78, 5) is 8.13.